The Morgan fingerprint density at radius 1 is 1.14 bits per heavy atom. The van der Waals surface area contributed by atoms with Crippen molar-refractivity contribution in [2.24, 2.45) is 0 Å². The molecule has 2 N–H and O–H groups in total. The predicted molar refractivity (Wildman–Crippen MR) is 81.2 cm³/mol. The highest BCUT2D eigenvalue weighted by Crippen LogP contribution is 2.12. The Morgan fingerprint density at radius 3 is 2.52 bits per heavy atom. The van der Waals surface area contributed by atoms with Gasteiger partial charge in [0.1, 0.15) is 5.75 Å². The van der Waals surface area contributed by atoms with Crippen LogP contribution in [0.3, 0.4) is 0 Å². The van der Waals surface area contributed by atoms with Crippen LogP contribution in [0.15, 0.2) is 41.8 Å². The molecule has 0 unspecified atom stereocenters. The highest BCUT2D eigenvalue weighted by atomic mass is 32.1. The Morgan fingerprint density at radius 2 is 1.90 bits per heavy atom. The molecule has 2 amide bonds. The van der Waals surface area contributed by atoms with Crippen LogP contribution in [-0.4, -0.2) is 18.4 Å². The highest BCUT2D eigenvalue weighted by molar-refractivity contribution is 7.12. The van der Waals surface area contributed by atoms with Crippen LogP contribution in [0.25, 0.3) is 0 Å². The summed E-state index contributed by atoms with van der Waals surface area (Å²) in [7, 11) is 0. The Balaban J connectivity index is 1.73. The fourth-order valence-electron chi connectivity index (χ4n) is 1.60. The number of carbonyl (C=O) groups is 2. The molecular weight excluding hydrogens is 288 g/mol. The number of nitrogens with one attached hydrogen (secondary N) is 2. The van der Waals surface area contributed by atoms with Crippen LogP contribution in [0.1, 0.15) is 22.2 Å². The van der Waals surface area contributed by atoms with Crippen molar-refractivity contribution in [1.82, 2.24) is 10.9 Å². The van der Waals surface area contributed by atoms with E-state index in [4.69, 9.17) is 4.74 Å². The second-order valence-corrected chi connectivity index (χ2v) is 5.21. The molecule has 5 nitrogen and oxygen atoms in total. The number of ether oxygens (including phenoxy) is 1. The second kappa shape index (κ2) is 7.44. The van der Waals surface area contributed by atoms with Gasteiger partial charge in [-0.3, -0.25) is 20.4 Å². The number of benzene rings is 1. The number of carbonyl (C=O) groups excluding carboxylic acids is 2. The number of hydrogen-bond acceptors (Lipinski definition) is 4. The van der Waals surface area contributed by atoms with Gasteiger partial charge in [-0.25, -0.2) is 0 Å². The standard InChI is InChI=1S/C15H16N2O3S/c1-2-11-5-7-12(8-6-11)20-10-14(18)16-17-15(19)13-4-3-9-21-13/h3-9H,2,10H2,1H3,(H,16,18)(H,17,19). The van der Waals surface area contributed by atoms with Crippen molar-refractivity contribution in [1.29, 1.82) is 0 Å². The smallest absolute Gasteiger partial charge is 0.279 e. The Hall–Kier alpha value is -2.34. The van der Waals surface area contributed by atoms with E-state index in [1.54, 1.807) is 17.5 Å². The lowest BCUT2D eigenvalue weighted by atomic mass is 10.2. The zero-order chi connectivity index (χ0) is 15.1. The zero-order valence-electron chi connectivity index (χ0n) is 11.6. The van der Waals surface area contributed by atoms with Crippen molar-refractivity contribution < 1.29 is 14.3 Å². The summed E-state index contributed by atoms with van der Waals surface area (Å²) >= 11 is 1.30. The summed E-state index contributed by atoms with van der Waals surface area (Å²) in [6, 6.07) is 11.0. The van der Waals surface area contributed by atoms with Crippen LogP contribution in [0.5, 0.6) is 5.75 Å². The fraction of sp³-hybridized carbons (Fsp3) is 0.200. The molecule has 0 bridgehead atoms. The Bertz CT molecular complexity index is 594. The third kappa shape index (κ3) is 4.61. The summed E-state index contributed by atoms with van der Waals surface area (Å²) in [5, 5.41) is 1.79. The lowest BCUT2D eigenvalue weighted by Crippen LogP contribution is -2.43. The minimum Gasteiger partial charge on any atom is -0.484 e. The third-order valence-electron chi connectivity index (χ3n) is 2.76. The van der Waals surface area contributed by atoms with Crippen LogP contribution in [0.2, 0.25) is 0 Å². The fourth-order valence-corrected chi connectivity index (χ4v) is 2.22. The summed E-state index contributed by atoms with van der Waals surface area (Å²) in [6.45, 7) is 1.91. The van der Waals surface area contributed by atoms with Crippen molar-refractivity contribution >= 4 is 23.2 Å². The van der Waals surface area contributed by atoms with Crippen LogP contribution < -0.4 is 15.6 Å². The van der Waals surface area contributed by atoms with Crippen molar-refractivity contribution in [2.45, 2.75) is 13.3 Å². The van der Waals surface area contributed by atoms with E-state index in [2.05, 4.69) is 17.8 Å². The first-order valence-corrected chi connectivity index (χ1v) is 7.41. The molecule has 6 heteroatoms. The molecule has 0 radical (unpaired) electrons. The van der Waals surface area contributed by atoms with Crippen molar-refractivity contribution in [3.05, 3.63) is 52.2 Å². The molecule has 2 aromatic rings. The molecule has 110 valence electrons. The van der Waals surface area contributed by atoms with Crippen LogP contribution >= 0.6 is 11.3 Å². The maximum Gasteiger partial charge on any atom is 0.279 e. The van der Waals surface area contributed by atoms with Gasteiger partial charge < -0.3 is 4.74 Å². The average molecular weight is 304 g/mol. The van der Waals surface area contributed by atoms with E-state index in [0.29, 0.717) is 10.6 Å². The normalized spacial score (nSPS) is 9.95. The number of aryl methyl sites for hydroxylation is 1. The molecule has 1 aromatic carbocycles. The van der Waals surface area contributed by atoms with E-state index in [1.165, 1.54) is 16.9 Å². The molecule has 1 aromatic heterocycles. The second-order valence-electron chi connectivity index (χ2n) is 4.27. The summed E-state index contributed by atoms with van der Waals surface area (Å²) < 4.78 is 5.33. The Labute approximate surface area is 126 Å². The lowest BCUT2D eigenvalue weighted by Gasteiger charge is -2.08. The minimum atomic E-state index is -0.417. The van der Waals surface area contributed by atoms with Crippen LogP contribution in [-0.2, 0) is 11.2 Å². The number of hydrazine groups is 1. The molecule has 0 saturated heterocycles. The quantitative estimate of drug-likeness (QED) is 0.832. The largest absolute Gasteiger partial charge is 0.484 e. The molecule has 1 heterocycles. The topological polar surface area (TPSA) is 67.4 Å². The predicted octanol–water partition coefficient (Wildman–Crippen LogP) is 2.15. The highest BCUT2D eigenvalue weighted by Gasteiger charge is 2.08. The van der Waals surface area contributed by atoms with Gasteiger partial charge in [0.05, 0.1) is 4.88 Å². The maximum atomic E-state index is 11.6. The number of hydrogen-bond donors (Lipinski definition) is 2. The van der Waals surface area contributed by atoms with Crippen molar-refractivity contribution in [2.75, 3.05) is 6.61 Å². The van der Waals surface area contributed by atoms with Gasteiger partial charge in [0.25, 0.3) is 11.8 Å². The zero-order valence-corrected chi connectivity index (χ0v) is 12.4. The third-order valence-corrected chi connectivity index (χ3v) is 3.63. The summed E-state index contributed by atoms with van der Waals surface area (Å²) in [5.41, 5.74) is 5.84. The molecule has 0 aliphatic heterocycles. The van der Waals surface area contributed by atoms with Crippen molar-refractivity contribution in [3.8, 4) is 5.75 Å². The number of rotatable bonds is 5. The van der Waals surface area contributed by atoms with Gasteiger partial charge in [0, 0.05) is 0 Å². The van der Waals surface area contributed by atoms with Crippen LogP contribution in [0, 0.1) is 0 Å². The molecule has 0 aliphatic carbocycles. The first-order valence-electron chi connectivity index (χ1n) is 6.53. The van der Waals surface area contributed by atoms with Gasteiger partial charge in [-0.05, 0) is 35.6 Å². The molecule has 0 fully saturated rings. The van der Waals surface area contributed by atoms with E-state index in [1.807, 2.05) is 24.3 Å². The van der Waals surface area contributed by atoms with Crippen LogP contribution in [0.4, 0.5) is 0 Å². The number of amides is 2. The summed E-state index contributed by atoms with van der Waals surface area (Å²) in [5.74, 6) is -0.142. The van der Waals surface area contributed by atoms with E-state index in [0.717, 1.165) is 6.42 Å². The first kappa shape index (κ1) is 15.1. The van der Waals surface area contributed by atoms with E-state index in [-0.39, 0.29) is 12.5 Å². The summed E-state index contributed by atoms with van der Waals surface area (Å²) in [4.78, 5) is 23.7. The lowest BCUT2D eigenvalue weighted by molar-refractivity contribution is -0.123. The van der Waals surface area contributed by atoms with E-state index < -0.39 is 5.91 Å². The van der Waals surface area contributed by atoms with Gasteiger partial charge in [-0.15, -0.1) is 11.3 Å². The Kier molecular flexibility index (Phi) is 5.34. The molecule has 0 saturated carbocycles. The van der Waals surface area contributed by atoms with Gasteiger partial charge >= 0.3 is 0 Å². The van der Waals surface area contributed by atoms with Gasteiger partial charge in [0.2, 0.25) is 0 Å². The molecule has 0 aliphatic rings. The van der Waals surface area contributed by atoms with Gasteiger partial charge in [-0.1, -0.05) is 25.1 Å². The van der Waals surface area contributed by atoms with Gasteiger partial charge in [-0.2, -0.15) is 0 Å². The molecule has 0 atom stereocenters. The van der Waals surface area contributed by atoms with Crippen molar-refractivity contribution in [3.63, 3.8) is 0 Å². The average Bonchev–Trinajstić information content (AvgIpc) is 3.05. The van der Waals surface area contributed by atoms with E-state index in [9.17, 15) is 9.59 Å². The monoisotopic (exact) mass is 304 g/mol. The molecule has 0 spiro atoms. The maximum absolute atomic E-state index is 11.6. The molecule has 2 rings (SSSR count). The minimum absolute atomic E-state index is 0.157. The van der Waals surface area contributed by atoms with Gasteiger partial charge in [0.15, 0.2) is 6.61 Å². The molecular formula is C15H16N2O3S. The number of thiophene rings is 1. The first-order chi connectivity index (χ1) is 10.2. The molecule has 21 heavy (non-hydrogen) atoms. The SMILES string of the molecule is CCc1ccc(OCC(=O)NNC(=O)c2cccs2)cc1. The summed E-state index contributed by atoms with van der Waals surface area (Å²) in [6.07, 6.45) is 0.954. The van der Waals surface area contributed by atoms with E-state index >= 15 is 0 Å².